The average molecular weight is 432 g/mol. The highest BCUT2D eigenvalue weighted by Crippen LogP contribution is 2.21. The molecule has 4 aromatic rings. The van der Waals surface area contributed by atoms with Crippen molar-refractivity contribution < 1.29 is 9.18 Å². The first-order valence-corrected chi connectivity index (χ1v) is 10.9. The molecule has 164 valence electrons. The highest BCUT2D eigenvalue weighted by molar-refractivity contribution is 5.98. The van der Waals surface area contributed by atoms with Gasteiger partial charge >= 0.3 is 0 Å². The predicted octanol–water partition coefficient (Wildman–Crippen LogP) is 3.90. The maximum absolute atomic E-state index is 13.5. The topological polar surface area (TPSA) is 53.7 Å². The number of nitrogens with zero attached hydrogens (tertiary/aromatic N) is 5. The van der Waals surface area contributed by atoms with Crippen LogP contribution in [0.1, 0.15) is 33.0 Å². The Morgan fingerprint density at radius 1 is 0.969 bits per heavy atom. The Balaban J connectivity index is 1.29. The minimum Gasteiger partial charge on any atom is -0.336 e. The van der Waals surface area contributed by atoms with Crippen LogP contribution in [0.15, 0.2) is 42.6 Å². The predicted molar refractivity (Wildman–Crippen MR) is 122 cm³/mol. The van der Waals surface area contributed by atoms with E-state index in [-0.39, 0.29) is 11.7 Å². The van der Waals surface area contributed by atoms with E-state index in [4.69, 9.17) is 4.98 Å². The minimum atomic E-state index is -0.323. The van der Waals surface area contributed by atoms with Gasteiger partial charge in [0, 0.05) is 50.4 Å². The number of pyridine rings is 2. The van der Waals surface area contributed by atoms with Gasteiger partial charge in [-0.05, 0) is 56.7 Å². The standard InChI is InChI=1S/C25H26FN5O/c1-16-6-7-31-23(18(3)28-24(31)12-16)15-29-8-10-30(11-9-29)25(32)21-13-19-4-5-20(26)14-22(19)27-17(21)2/h4-7,12-14H,8-11,15H2,1-3H3. The molecule has 32 heavy (non-hydrogen) atoms. The molecule has 1 amide bonds. The zero-order chi connectivity index (χ0) is 22.4. The highest BCUT2D eigenvalue weighted by atomic mass is 19.1. The van der Waals surface area contributed by atoms with Gasteiger partial charge in [0.2, 0.25) is 0 Å². The van der Waals surface area contributed by atoms with E-state index < -0.39 is 0 Å². The number of hydrogen-bond donors (Lipinski definition) is 0. The van der Waals surface area contributed by atoms with Crippen molar-refractivity contribution in [3.63, 3.8) is 0 Å². The van der Waals surface area contributed by atoms with E-state index in [9.17, 15) is 9.18 Å². The van der Waals surface area contributed by atoms with E-state index >= 15 is 0 Å². The van der Waals surface area contributed by atoms with Gasteiger partial charge in [0.1, 0.15) is 11.5 Å². The molecule has 0 bridgehead atoms. The molecule has 5 rings (SSSR count). The third kappa shape index (κ3) is 3.73. The summed E-state index contributed by atoms with van der Waals surface area (Å²) in [6, 6.07) is 10.5. The molecule has 1 saturated heterocycles. The van der Waals surface area contributed by atoms with Gasteiger partial charge in [-0.25, -0.2) is 9.37 Å². The first kappa shape index (κ1) is 20.6. The molecule has 0 N–H and O–H groups in total. The number of amides is 1. The number of aryl methyl sites for hydroxylation is 3. The van der Waals surface area contributed by atoms with Crippen LogP contribution in [-0.4, -0.2) is 56.3 Å². The van der Waals surface area contributed by atoms with Gasteiger partial charge in [-0.15, -0.1) is 0 Å². The Bertz CT molecular complexity index is 1340. The lowest BCUT2D eigenvalue weighted by atomic mass is 10.1. The van der Waals surface area contributed by atoms with Crippen LogP contribution < -0.4 is 0 Å². The third-order valence-electron chi connectivity index (χ3n) is 6.31. The molecule has 6 nitrogen and oxygen atoms in total. The van der Waals surface area contributed by atoms with E-state index in [1.165, 1.54) is 23.4 Å². The summed E-state index contributed by atoms with van der Waals surface area (Å²) in [6.07, 6.45) is 2.08. The molecule has 3 aromatic heterocycles. The van der Waals surface area contributed by atoms with Crippen molar-refractivity contribution in [3.05, 3.63) is 76.6 Å². The van der Waals surface area contributed by atoms with Crippen LogP contribution in [0.3, 0.4) is 0 Å². The summed E-state index contributed by atoms with van der Waals surface area (Å²) in [5.74, 6) is -0.335. The smallest absolute Gasteiger partial charge is 0.255 e. The lowest BCUT2D eigenvalue weighted by molar-refractivity contribution is 0.0625. The van der Waals surface area contributed by atoms with Gasteiger partial charge in [-0.3, -0.25) is 14.7 Å². The summed E-state index contributed by atoms with van der Waals surface area (Å²) in [7, 11) is 0. The first-order chi connectivity index (χ1) is 15.4. The van der Waals surface area contributed by atoms with Gasteiger partial charge in [0.15, 0.2) is 0 Å². The number of benzene rings is 1. The summed E-state index contributed by atoms with van der Waals surface area (Å²) >= 11 is 0. The zero-order valence-electron chi connectivity index (χ0n) is 18.6. The molecule has 1 aliphatic heterocycles. The molecular weight excluding hydrogens is 405 g/mol. The summed E-state index contributed by atoms with van der Waals surface area (Å²) in [4.78, 5) is 26.6. The molecular formula is C25H26FN5O. The normalized spacial score (nSPS) is 15.1. The van der Waals surface area contributed by atoms with Crippen LogP contribution in [0.4, 0.5) is 4.39 Å². The van der Waals surface area contributed by atoms with E-state index in [0.717, 1.165) is 36.4 Å². The number of imidazole rings is 1. The Kier molecular flexibility index (Phi) is 5.13. The van der Waals surface area contributed by atoms with Crippen molar-refractivity contribution in [1.29, 1.82) is 0 Å². The van der Waals surface area contributed by atoms with Crippen LogP contribution >= 0.6 is 0 Å². The van der Waals surface area contributed by atoms with Crippen LogP contribution in [0.5, 0.6) is 0 Å². The Labute approximate surface area is 186 Å². The van der Waals surface area contributed by atoms with Crippen molar-refractivity contribution in [2.75, 3.05) is 26.2 Å². The summed E-state index contributed by atoms with van der Waals surface area (Å²) in [5, 5.41) is 0.775. The summed E-state index contributed by atoms with van der Waals surface area (Å²) in [6.45, 7) is 9.67. The Morgan fingerprint density at radius 3 is 2.53 bits per heavy atom. The molecule has 0 unspecified atom stereocenters. The molecule has 0 spiro atoms. The second-order valence-corrected chi connectivity index (χ2v) is 8.60. The van der Waals surface area contributed by atoms with E-state index in [1.54, 1.807) is 6.07 Å². The van der Waals surface area contributed by atoms with Crippen molar-refractivity contribution >= 4 is 22.5 Å². The van der Waals surface area contributed by atoms with E-state index in [1.807, 2.05) is 17.9 Å². The number of piperazine rings is 1. The van der Waals surface area contributed by atoms with Crippen molar-refractivity contribution in [1.82, 2.24) is 24.2 Å². The molecule has 1 aliphatic rings. The fourth-order valence-electron chi connectivity index (χ4n) is 4.45. The largest absolute Gasteiger partial charge is 0.336 e. The number of carbonyl (C=O) groups is 1. The van der Waals surface area contributed by atoms with Crippen molar-refractivity contribution in [3.8, 4) is 0 Å². The maximum Gasteiger partial charge on any atom is 0.255 e. The molecule has 1 aromatic carbocycles. The summed E-state index contributed by atoms with van der Waals surface area (Å²) < 4.78 is 15.7. The zero-order valence-corrected chi connectivity index (χ0v) is 18.6. The van der Waals surface area contributed by atoms with E-state index in [0.29, 0.717) is 29.9 Å². The van der Waals surface area contributed by atoms with Crippen molar-refractivity contribution in [2.45, 2.75) is 27.3 Å². The van der Waals surface area contributed by atoms with Crippen LogP contribution in [0.2, 0.25) is 0 Å². The van der Waals surface area contributed by atoms with E-state index in [2.05, 4.69) is 46.5 Å². The number of aromatic nitrogens is 3. The second-order valence-electron chi connectivity index (χ2n) is 8.60. The molecule has 0 saturated carbocycles. The molecule has 1 fully saturated rings. The van der Waals surface area contributed by atoms with Gasteiger partial charge in [0.05, 0.1) is 28.2 Å². The third-order valence-corrected chi connectivity index (χ3v) is 6.31. The Morgan fingerprint density at radius 2 is 1.75 bits per heavy atom. The fraction of sp³-hybridized carbons (Fsp3) is 0.320. The van der Waals surface area contributed by atoms with Gasteiger partial charge in [-0.1, -0.05) is 0 Å². The SMILES string of the molecule is Cc1ccn2c(CN3CCN(C(=O)c4cc5ccc(F)cc5nc4C)CC3)c(C)nc2c1. The molecule has 7 heteroatoms. The lowest BCUT2D eigenvalue weighted by Crippen LogP contribution is -2.48. The molecule has 0 atom stereocenters. The maximum atomic E-state index is 13.5. The number of halogens is 1. The molecule has 4 heterocycles. The van der Waals surface area contributed by atoms with Crippen LogP contribution in [0.25, 0.3) is 16.6 Å². The van der Waals surface area contributed by atoms with Crippen molar-refractivity contribution in [2.24, 2.45) is 0 Å². The van der Waals surface area contributed by atoms with Crippen LogP contribution in [0, 0.1) is 26.6 Å². The minimum absolute atomic E-state index is 0.0117. The lowest BCUT2D eigenvalue weighted by Gasteiger charge is -2.35. The van der Waals surface area contributed by atoms with Gasteiger partial charge in [-0.2, -0.15) is 0 Å². The average Bonchev–Trinajstić information content (AvgIpc) is 3.07. The summed E-state index contributed by atoms with van der Waals surface area (Å²) in [5.41, 5.74) is 6.21. The molecule has 0 aliphatic carbocycles. The number of hydrogen-bond acceptors (Lipinski definition) is 4. The molecule has 0 radical (unpaired) electrons. The number of carbonyl (C=O) groups excluding carboxylic acids is 1. The fourth-order valence-corrected chi connectivity index (χ4v) is 4.45. The second kappa shape index (κ2) is 7.98. The number of rotatable bonds is 3. The van der Waals surface area contributed by atoms with Crippen LogP contribution in [-0.2, 0) is 6.54 Å². The quantitative estimate of drug-likeness (QED) is 0.494. The monoisotopic (exact) mass is 431 g/mol. The highest BCUT2D eigenvalue weighted by Gasteiger charge is 2.25. The first-order valence-electron chi connectivity index (χ1n) is 10.9. The Hall–Kier alpha value is -3.32. The van der Waals surface area contributed by atoms with Gasteiger partial charge < -0.3 is 9.30 Å². The van der Waals surface area contributed by atoms with Gasteiger partial charge in [0.25, 0.3) is 5.91 Å². The number of fused-ring (bicyclic) bond motifs is 2.